The van der Waals surface area contributed by atoms with Crippen LogP contribution in [0.3, 0.4) is 0 Å². The molecule has 0 aromatic carbocycles. The first-order valence-corrected chi connectivity index (χ1v) is 6.29. The number of anilines is 1. The second-order valence-electron chi connectivity index (χ2n) is 3.93. The van der Waals surface area contributed by atoms with E-state index in [1.165, 1.54) is 4.68 Å². The van der Waals surface area contributed by atoms with Gasteiger partial charge in [-0.3, -0.25) is 4.79 Å². The smallest absolute Gasteiger partial charge is 0.283 e. The van der Waals surface area contributed by atoms with Gasteiger partial charge in [-0.05, 0) is 28.8 Å². The number of nitrogens with zero attached hydrogens (tertiary/aromatic N) is 2. The Morgan fingerprint density at radius 1 is 1.59 bits per heavy atom. The van der Waals surface area contributed by atoms with Gasteiger partial charge in [0.1, 0.15) is 4.47 Å². The first-order valence-electron chi connectivity index (χ1n) is 5.50. The minimum Gasteiger partial charge on any atom is -0.379 e. The quantitative estimate of drug-likeness (QED) is 0.867. The molecule has 0 fully saturated rings. The lowest BCUT2D eigenvalue weighted by Crippen LogP contribution is -2.25. The van der Waals surface area contributed by atoms with Gasteiger partial charge in [0.25, 0.3) is 5.56 Å². The lowest BCUT2D eigenvalue weighted by Gasteiger charge is -2.14. The van der Waals surface area contributed by atoms with Crippen LogP contribution >= 0.6 is 15.9 Å². The Morgan fingerprint density at radius 3 is 2.94 bits per heavy atom. The van der Waals surface area contributed by atoms with Gasteiger partial charge in [-0.25, -0.2) is 4.68 Å². The van der Waals surface area contributed by atoms with Crippen LogP contribution in [0.15, 0.2) is 40.3 Å². The second-order valence-corrected chi connectivity index (χ2v) is 4.73. The van der Waals surface area contributed by atoms with Crippen LogP contribution in [0.25, 0.3) is 0 Å². The molecule has 1 aromatic heterocycles. The molecular weight excluding hydrogens is 282 g/mol. The third-order valence-electron chi connectivity index (χ3n) is 2.65. The molecule has 1 N–H and O–H groups in total. The molecule has 0 amide bonds. The molecule has 0 aliphatic heterocycles. The lowest BCUT2D eigenvalue weighted by molar-refractivity contribution is 0.647. The van der Waals surface area contributed by atoms with E-state index in [1.54, 1.807) is 12.3 Å². The van der Waals surface area contributed by atoms with E-state index in [-0.39, 0.29) is 5.56 Å². The fraction of sp³-hybridized carbons (Fsp3) is 0.333. The SMILES string of the molecule is C=CCn1ncc(NC2CC=CC2)c(Br)c1=O. The Balaban J connectivity index is 2.21. The van der Waals surface area contributed by atoms with E-state index < -0.39 is 0 Å². The van der Waals surface area contributed by atoms with Gasteiger partial charge >= 0.3 is 0 Å². The topological polar surface area (TPSA) is 46.9 Å². The maximum absolute atomic E-state index is 11.9. The predicted octanol–water partition coefficient (Wildman–Crippen LogP) is 2.32. The molecule has 0 spiro atoms. The number of allylic oxidation sites excluding steroid dienone is 1. The summed E-state index contributed by atoms with van der Waals surface area (Å²) in [5.41, 5.74) is 0.616. The van der Waals surface area contributed by atoms with Crippen molar-refractivity contribution in [1.29, 1.82) is 0 Å². The van der Waals surface area contributed by atoms with Gasteiger partial charge in [0.15, 0.2) is 0 Å². The van der Waals surface area contributed by atoms with Crippen molar-refractivity contribution in [2.75, 3.05) is 5.32 Å². The Hall–Kier alpha value is -1.36. The summed E-state index contributed by atoms with van der Waals surface area (Å²) in [7, 11) is 0. The molecule has 0 bridgehead atoms. The Morgan fingerprint density at radius 2 is 2.29 bits per heavy atom. The van der Waals surface area contributed by atoms with Crippen LogP contribution in [0, 0.1) is 0 Å². The molecular formula is C12H14BrN3O. The zero-order valence-electron chi connectivity index (χ0n) is 9.40. The summed E-state index contributed by atoms with van der Waals surface area (Å²) in [6, 6.07) is 0.364. The van der Waals surface area contributed by atoms with Gasteiger partial charge < -0.3 is 5.32 Å². The maximum Gasteiger partial charge on any atom is 0.283 e. The van der Waals surface area contributed by atoms with Crippen molar-refractivity contribution in [2.24, 2.45) is 0 Å². The molecule has 90 valence electrons. The monoisotopic (exact) mass is 295 g/mol. The molecule has 0 saturated carbocycles. The molecule has 0 atom stereocenters. The van der Waals surface area contributed by atoms with Gasteiger partial charge in [-0.2, -0.15) is 5.10 Å². The van der Waals surface area contributed by atoms with Crippen molar-refractivity contribution in [2.45, 2.75) is 25.4 Å². The number of rotatable bonds is 4. The van der Waals surface area contributed by atoms with Crippen LogP contribution in [-0.4, -0.2) is 15.8 Å². The van der Waals surface area contributed by atoms with Gasteiger partial charge in [0, 0.05) is 6.04 Å². The average molecular weight is 296 g/mol. The Bertz CT molecular complexity index is 499. The highest BCUT2D eigenvalue weighted by atomic mass is 79.9. The van der Waals surface area contributed by atoms with Gasteiger partial charge in [-0.15, -0.1) is 6.58 Å². The van der Waals surface area contributed by atoms with Crippen molar-refractivity contribution in [3.8, 4) is 0 Å². The highest BCUT2D eigenvalue weighted by Crippen LogP contribution is 2.21. The highest BCUT2D eigenvalue weighted by molar-refractivity contribution is 9.10. The first-order chi connectivity index (χ1) is 8.22. The van der Waals surface area contributed by atoms with E-state index in [4.69, 9.17) is 0 Å². The van der Waals surface area contributed by atoms with E-state index in [1.807, 2.05) is 0 Å². The molecule has 1 aromatic rings. The maximum atomic E-state index is 11.9. The number of hydrogen-bond donors (Lipinski definition) is 1. The molecule has 0 saturated heterocycles. The van der Waals surface area contributed by atoms with Crippen LogP contribution in [0.1, 0.15) is 12.8 Å². The summed E-state index contributed by atoms with van der Waals surface area (Å²) in [6.07, 6.45) is 9.57. The normalized spacial score (nSPS) is 15.1. The van der Waals surface area contributed by atoms with E-state index in [2.05, 4.69) is 45.1 Å². The molecule has 1 aliphatic rings. The van der Waals surface area contributed by atoms with Crippen molar-refractivity contribution < 1.29 is 0 Å². The molecule has 0 unspecified atom stereocenters. The highest BCUT2D eigenvalue weighted by Gasteiger charge is 2.14. The van der Waals surface area contributed by atoms with Gasteiger partial charge in [0.05, 0.1) is 18.4 Å². The van der Waals surface area contributed by atoms with E-state index in [9.17, 15) is 4.79 Å². The van der Waals surface area contributed by atoms with Crippen molar-refractivity contribution in [1.82, 2.24) is 9.78 Å². The molecule has 1 heterocycles. The zero-order valence-corrected chi connectivity index (χ0v) is 11.0. The summed E-state index contributed by atoms with van der Waals surface area (Å²) in [4.78, 5) is 11.9. The third kappa shape index (κ3) is 2.66. The summed E-state index contributed by atoms with van der Waals surface area (Å²) >= 11 is 3.32. The Labute approximate surface area is 108 Å². The van der Waals surface area contributed by atoms with Crippen LogP contribution in [0.4, 0.5) is 5.69 Å². The van der Waals surface area contributed by atoms with E-state index >= 15 is 0 Å². The number of hydrogen-bond acceptors (Lipinski definition) is 3. The average Bonchev–Trinajstić information content (AvgIpc) is 2.82. The summed E-state index contributed by atoms with van der Waals surface area (Å²) < 4.78 is 1.90. The van der Waals surface area contributed by atoms with E-state index in [0.29, 0.717) is 17.1 Å². The predicted molar refractivity (Wildman–Crippen MR) is 72.2 cm³/mol. The lowest BCUT2D eigenvalue weighted by atomic mass is 10.2. The molecule has 4 nitrogen and oxygen atoms in total. The first kappa shape index (κ1) is 12.1. The van der Waals surface area contributed by atoms with Crippen LogP contribution in [0.5, 0.6) is 0 Å². The van der Waals surface area contributed by atoms with Crippen molar-refractivity contribution in [3.05, 3.63) is 45.8 Å². The molecule has 5 heteroatoms. The summed E-state index contributed by atoms with van der Waals surface area (Å²) in [6.45, 7) is 4.01. The minimum atomic E-state index is -0.138. The fourth-order valence-corrected chi connectivity index (χ4v) is 2.19. The van der Waals surface area contributed by atoms with Gasteiger partial charge in [0.2, 0.25) is 0 Å². The summed E-state index contributed by atoms with van der Waals surface area (Å²) in [5.74, 6) is 0. The van der Waals surface area contributed by atoms with E-state index in [0.717, 1.165) is 18.5 Å². The molecule has 1 aliphatic carbocycles. The fourth-order valence-electron chi connectivity index (χ4n) is 1.77. The van der Waals surface area contributed by atoms with Crippen LogP contribution in [0.2, 0.25) is 0 Å². The Kier molecular flexibility index (Phi) is 3.78. The second kappa shape index (κ2) is 5.31. The third-order valence-corrected chi connectivity index (χ3v) is 3.42. The molecule has 2 rings (SSSR count). The van der Waals surface area contributed by atoms with Crippen molar-refractivity contribution >= 4 is 21.6 Å². The molecule has 17 heavy (non-hydrogen) atoms. The largest absolute Gasteiger partial charge is 0.379 e. The zero-order chi connectivity index (χ0) is 12.3. The van der Waals surface area contributed by atoms with Crippen molar-refractivity contribution in [3.63, 3.8) is 0 Å². The van der Waals surface area contributed by atoms with Gasteiger partial charge in [-0.1, -0.05) is 18.2 Å². The number of aromatic nitrogens is 2. The van der Waals surface area contributed by atoms with Crippen LogP contribution in [-0.2, 0) is 6.54 Å². The standard InChI is InChI=1S/C12H14BrN3O/c1-2-7-16-12(17)11(13)10(8-14-16)15-9-5-3-4-6-9/h2-4,8-9,15H,1,5-7H2. The summed E-state index contributed by atoms with van der Waals surface area (Å²) in [5, 5.41) is 7.40. The minimum absolute atomic E-state index is 0.138. The number of nitrogens with one attached hydrogen (secondary N) is 1. The molecule has 0 radical (unpaired) electrons. The van der Waals surface area contributed by atoms with Crippen LogP contribution < -0.4 is 10.9 Å². The number of halogens is 1.